The molecule has 1 aliphatic heterocycles. The summed E-state index contributed by atoms with van der Waals surface area (Å²) >= 11 is 8.30. The fourth-order valence-electron chi connectivity index (χ4n) is 4.10. The molecule has 4 rings (SSSR count). The van der Waals surface area contributed by atoms with E-state index >= 15 is 0 Å². The summed E-state index contributed by atoms with van der Waals surface area (Å²) in [4.78, 5) is 32.2. The molecule has 0 saturated carbocycles. The second kappa shape index (κ2) is 11.4. The summed E-state index contributed by atoms with van der Waals surface area (Å²) in [6.45, 7) is 7.81. The van der Waals surface area contributed by atoms with E-state index in [-0.39, 0.29) is 11.7 Å². The Morgan fingerprint density at radius 3 is 2.41 bits per heavy atom. The highest BCUT2D eigenvalue weighted by Crippen LogP contribution is 2.35. The molecule has 2 aromatic carbocycles. The highest BCUT2D eigenvalue weighted by molar-refractivity contribution is 9.11. The lowest BCUT2D eigenvalue weighted by Gasteiger charge is -2.25. The Balaban J connectivity index is 1.91. The maximum atomic E-state index is 13.8. The molecular formula is C27H26Br2N2O5S. The molecule has 0 bridgehead atoms. The van der Waals surface area contributed by atoms with Crippen LogP contribution in [0.25, 0.3) is 6.08 Å². The van der Waals surface area contributed by atoms with Crippen molar-refractivity contribution < 1.29 is 19.0 Å². The van der Waals surface area contributed by atoms with Crippen LogP contribution < -0.4 is 24.4 Å². The van der Waals surface area contributed by atoms with Gasteiger partial charge in [0.25, 0.3) is 5.56 Å². The number of carbonyl (C=O) groups is 1. The smallest absolute Gasteiger partial charge is 0.338 e. The van der Waals surface area contributed by atoms with E-state index in [1.165, 1.54) is 11.3 Å². The van der Waals surface area contributed by atoms with Gasteiger partial charge in [-0.05, 0) is 101 Å². The third-order valence-electron chi connectivity index (χ3n) is 5.61. The standard InChI is InChI=1S/C27H26Br2N2O5S/c1-6-35-18-9-7-17(8-10-18)23-22(26(33)36-14(2)3)15(4)30-27-31(23)25(32)21(37-27)13-16-11-19(28)24(34-5)20(29)12-16/h7-14,23H,6H2,1-5H3/b21-13+/t23-/m1/s1. The first-order chi connectivity index (χ1) is 17.6. The van der Waals surface area contributed by atoms with Crippen molar-refractivity contribution in [2.45, 2.75) is 39.8 Å². The van der Waals surface area contributed by atoms with Crippen molar-refractivity contribution in [2.75, 3.05) is 13.7 Å². The maximum absolute atomic E-state index is 13.8. The minimum absolute atomic E-state index is 0.243. The van der Waals surface area contributed by atoms with Gasteiger partial charge in [-0.15, -0.1) is 0 Å². The van der Waals surface area contributed by atoms with Crippen molar-refractivity contribution in [1.82, 2.24) is 4.57 Å². The molecule has 3 aromatic rings. The Hall–Kier alpha value is -2.69. The number of carbonyl (C=O) groups excluding carboxylic acids is 1. The van der Waals surface area contributed by atoms with Gasteiger partial charge in [0.2, 0.25) is 0 Å². The zero-order chi connectivity index (χ0) is 26.9. The van der Waals surface area contributed by atoms with Gasteiger partial charge in [-0.1, -0.05) is 23.5 Å². The second-order valence-corrected chi connectivity index (χ2v) is 11.3. The monoisotopic (exact) mass is 648 g/mol. The predicted molar refractivity (Wildman–Crippen MR) is 151 cm³/mol. The van der Waals surface area contributed by atoms with Gasteiger partial charge in [-0.2, -0.15) is 0 Å². The van der Waals surface area contributed by atoms with E-state index in [2.05, 4.69) is 36.9 Å². The van der Waals surface area contributed by atoms with Gasteiger partial charge in [0, 0.05) is 0 Å². The zero-order valence-corrected chi connectivity index (χ0v) is 25.0. The fraction of sp³-hybridized carbons (Fsp3) is 0.296. The van der Waals surface area contributed by atoms with Gasteiger partial charge in [-0.3, -0.25) is 9.36 Å². The van der Waals surface area contributed by atoms with Gasteiger partial charge >= 0.3 is 5.97 Å². The quantitative estimate of drug-likeness (QED) is 0.332. The van der Waals surface area contributed by atoms with Crippen LogP contribution >= 0.6 is 43.2 Å². The summed E-state index contributed by atoms with van der Waals surface area (Å²) in [5.74, 6) is 0.881. The van der Waals surface area contributed by atoms with Crippen LogP contribution in [0.1, 0.15) is 44.9 Å². The number of nitrogens with zero attached hydrogens (tertiary/aromatic N) is 2. The van der Waals surface area contributed by atoms with Crippen LogP contribution in [0.2, 0.25) is 0 Å². The number of allylic oxidation sites excluding steroid dienone is 1. The van der Waals surface area contributed by atoms with Crippen molar-refractivity contribution in [3.63, 3.8) is 0 Å². The van der Waals surface area contributed by atoms with Crippen LogP contribution in [0.4, 0.5) is 0 Å². The summed E-state index contributed by atoms with van der Waals surface area (Å²) in [5, 5.41) is 0. The molecule has 1 aliphatic rings. The van der Waals surface area contributed by atoms with Crippen LogP contribution in [0, 0.1) is 0 Å². The molecule has 0 amide bonds. The van der Waals surface area contributed by atoms with Gasteiger partial charge in [0.15, 0.2) is 4.80 Å². The molecular weight excluding hydrogens is 624 g/mol. The Bertz CT molecular complexity index is 1530. The molecule has 7 nitrogen and oxygen atoms in total. The number of methoxy groups -OCH3 is 1. The van der Waals surface area contributed by atoms with E-state index in [0.29, 0.717) is 38.7 Å². The van der Waals surface area contributed by atoms with Crippen LogP contribution in [0.3, 0.4) is 0 Å². The lowest BCUT2D eigenvalue weighted by Crippen LogP contribution is -2.40. The van der Waals surface area contributed by atoms with Crippen LogP contribution in [0.15, 0.2) is 66.4 Å². The van der Waals surface area contributed by atoms with Gasteiger partial charge < -0.3 is 14.2 Å². The zero-order valence-electron chi connectivity index (χ0n) is 21.0. The molecule has 10 heteroatoms. The van der Waals surface area contributed by atoms with E-state index in [0.717, 1.165) is 20.1 Å². The number of thiazole rings is 1. The maximum Gasteiger partial charge on any atom is 0.338 e. The number of ether oxygens (including phenoxy) is 3. The lowest BCUT2D eigenvalue weighted by atomic mass is 9.96. The number of esters is 1. The Labute approximate surface area is 235 Å². The molecule has 1 atom stereocenters. The topological polar surface area (TPSA) is 79.1 Å². The predicted octanol–water partition coefficient (Wildman–Crippen LogP) is 5.12. The molecule has 0 aliphatic carbocycles. The third-order valence-corrected chi connectivity index (χ3v) is 7.77. The largest absolute Gasteiger partial charge is 0.494 e. The summed E-state index contributed by atoms with van der Waals surface area (Å²) in [5.41, 5.74) is 2.18. The minimum Gasteiger partial charge on any atom is -0.494 e. The molecule has 0 unspecified atom stereocenters. The molecule has 0 saturated heterocycles. The van der Waals surface area contributed by atoms with Crippen LogP contribution in [0.5, 0.6) is 11.5 Å². The number of fused-ring (bicyclic) bond motifs is 1. The first kappa shape index (κ1) is 27.3. The van der Waals surface area contributed by atoms with Crippen LogP contribution in [-0.4, -0.2) is 30.4 Å². The van der Waals surface area contributed by atoms with Gasteiger partial charge in [0.1, 0.15) is 11.5 Å². The Morgan fingerprint density at radius 2 is 1.84 bits per heavy atom. The van der Waals surface area contributed by atoms with E-state index in [1.54, 1.807) is 38.5 Å². The van der Waals surface area contributed by atoms with Crippen molar-refractivity contribution in [1.29, 1.82) is 0 Å². The molecule has 0 spiro atoms. The molecule has 0 N–H and O–H groups in total. The summed E-state index contributed by atoms with van der Waals surface area (Å²) < 4.78 is 20.1. The number of hydrogen-bond acceptors (Lipinski definition) is 7. The summed E-state index contributed by atoms with van der Waals surface area (Å²) in [7, 11) is 1.59. The molecule has 0 radical (unpaired) electrons. The van der Waals surface area contributed by atoms with Crippen molar-refractivity contribution in [3.8, 4) is 11.5 Å². The highest BCUT2D eigenvalue weighted by atomic mass is 79.9. The van der Waals surface area contributed by atoms with E-state index < -0.39 is 12.0 Å². The fourth-order valence-corrected chi connectivity index (χ4v) is 6.69. The molecule has 1 aromatic heterocycles. The molecule has 37 heavy (non-hydrogen) atoms. The average Bonchev–Trinajstić information content (AvgIpc) is 3.12. The molecule has 2 heterocycles. The number of rotatable bonds is 7. The lowest BCUT2D eigenvalue weighted by molar-refractivity contribution is -0.143. The summed E-state index contributed by atoms with van der Waals surface area (Å²) in [6.07, 6.45) is 1.49. The van der Waals surface area contributed by atoms with Crippen molar-refractivity contribution in [3.05, 3.63) is 87.4 Å². The van der Waals surface area contributed by atoms with E-state index in [9.17, 15) is 9.59 Å². The summed E-state index contributed by atoms with van der Waals surface area (Å²) in [6, 6.07) is 10.5. The van der Waals surface area contributed by atoms with Crippen molar-refractivity contribution in [2.24, 2.45) is 4.99 Å². The minimum atomic E-state index is -0.685. The SMILES string of the molecule is CCOc1ccc([C@@H]2C(C(=O)OC(C)C)=C(C)N=c3s/c(=C/c4cc(Br)c(OC)c(Br)c4)c(=O)n32)cc1. The Morgan fingerprint density at radius 1 is 1.19 bits per heavy atom. The van der Waals surface area contributed by atoms with Crippen molar-refractivity contribution >= 4 is 55.2 Å². The first-order valence-corrected chi connectivity index (χ1v) is 14.0. The van der Waals surface area contributed by atoms with Gasteiger partial charge in [-0.25, -0.2) is 9.79 Å². The second-order valence-electron chi connectivity index (χ2n) is 8.56. The Kier molecular flexibility index (Phi) is 8.40. The number of benzene rings is 2. The number of halogens is 2. The molecule has 194 valence electrons. The highest BCUT2D eigenvalue weighted by Gasteiger charge is 2.33. The normalized spacial score (nSPS) is 15.5. The third kappa shape index (κ3) is 5.61. The molecule has 0 fully saturated rings. The number of hydrogen-bond donors (Lipinski definition) is 0. The van der Waals surface area contributed by atoms with Crippen LogP contribution in [-0.2, 0) is 9.53 Å². The first-order valence-electron chi connectivity index (χ1n) is 11.6. The number of aromatic nitrogens is 1. The van der Waals surface area contributed by atoms with E-state index in [1.807, 2.05) is 43.3 Å². The van der Waals surface area contributed by atoms with E-state index in [4.69, 9.17) is 14.2 Å². The average molecular weight is 650 g/mol. The van der Waals surface area contributed by atoms with Gasteiger partial charge in [0.05, 0.1) is 50.6 Å².